The number of aliphatic hydroxyl groups is 1. The summed E-state index contributed by atoms with van der Waals surface area (Å²) in [4.78, 5) is 17.7. The smallest absolute Gasteiger partial charge is 0.139 e. The topological polar surface area (TPSA) is 43.8 Å². The summed E-state index contributed by atoms with van der Waals surface area (Å²) >= 11 is 0. The highest BCUT2D eigenvalue weighted by Gasteiger charge is 2.61. The van der Waals surface area contributed by atoms with Crippen LogP contribution in [0.15, 0.2) is 30.3 Å². The van der Waals surface area contributed by atoms with E-state index in [4.69, 9.17) is 0 Å². The molecule has 1 aliphatic heterocycles. The van der Waals surface area contributed by atoms with E-state index in [1.807, 2.05) is 0 Å². The number of hydrogen-bond acceptors (Lipinski definition) is 4. The molecule has 0 bridgehead atoms. The van der Waals surface area contributed by atoms with Crippen LogP contribution in [0.5, 0.6) is 0 Å². The number of carbonyl (C=O) groups is 1. The van der Waals surface area contributed by atoms with Crippen LogP contribution in [0.2, 0.25) is 0 Å². The Balaban J connectivity index is 1.09. The molecule has 1 heterocycles. The van der Waals surface area contributed by atoms with Crippen molar-refractivity contribution in [3.05, 3.63) is 30.3 Å². The van der Waals surface area contributed by atoms with Crippen molar-refractivity contribution in [3.8, 4) is 0 Å². The molecule has 6 rings (SSSR count). The number of Topliss-reactive ketones (excluding diaryl/α,β-unsaturated/α-hetero) is 1. The van der Waals surface area contributed by atoms with E-state index in [2.05, 4.69) is 54.0 Å². The lowest BCUT2D eigenvalue weighted by molar-refractivity contribution is -0.157. The predicted molar refractivity (Wildman–Crippen MR) is 137 cm³/mol. The second-order valence-electron chi connectivity index (χ2n) is 13.1. The Morgan fingerprint density at radius 3 is 2.44 bits per heavy atom. The van der Waals surface area contributed by atoms with Gasteiger partial charge < -0.3 is 10.0 Å². The maximum absolute atomic E-state index is 12.7. The van der Waals surface area contributed by atoms with E-state index in [1.54, 1.807) is 0 Å². The minimum absolute atomic E-state index is 0.0261. The van der Waals surface area contributed by atoms with Crippen LogP contribution in [0.1, 0.15) is 71.6 Å². The van der Waals surface area contributed by atoms with E-state index in [9.17, 15) is 9.90 Å². The summed E-state index contributed by atoms with van der Waals surface area (Å²) in [6, 6.07) is 10.7. The largest absolute Gasteiger partial charge is 0.389 e. The fourth-order valence-corrected chi connectivity index (χ4v) is 9.46. The molecule has 4 heteroatoms. The number of rotatable bonds is 3. The van der Waals surface area contributed by atoms with Gasteiger partial charge in [-0.15, -0.1) is 0 Å². The average Bonchev–Trinajstić information content (AvgIpc) is 3.15. The first-order valence-electron chi connectivity index (χ1n) is 14.1. The first kappa shape index (κ1) is 23.0. The second-order valence-corrected chi connectivity index (χ2v) is 13.1. The Kier molecular flexibility index (Phi) is 5.65. The van der Waals surface area contributed by atoms with Crippen LogP contribution in [-0.2, 0) is 4.79 Å². The van der Waals surface area contributed by atoms with Crippen LogP contribution in [0.3, 0.4) is 0 Å². The normalized spacial score (nSPS) is 44.9. The van der Waals surface area contributed by atoms with E-state index in [0.29, 0.717) is 23.0 Å². The molecular formula is C30H44N2O2. The fraction of sp³-hybridized carbons (Fsp3) is 0.767. The number of hydrogen-bond donors (Lipinski definition) is 1. The summed E-state index contributed by atoms with van der Waals surface area (Å²) in [5.41, 5.74) is 1.12. The van der Waals surface area contributed by atoms with Gasteiger partial charge in [0.2, 0.25) is 0 Å². The standard InChI is InChI=1S/C30H44N2O2/c1-28-14-15-30(34,21-31-16-18-32(19-17-31)23-6-4-3-5-7-23)20-22(28)8-9-24-25-10-11-27(33)29(25,2)13-12-26(24)28/h3-7,22,24-26,34H,8-21H2,1-2H3/t22?,24-,25-,26+,28-,29-,30?/m0/s1. The number of ketones is 1. The summed E-state index contributed by atoms with van der Waals surface area (Å²) in [6.45, 7) is 9.86. The molecule has 4 aliphatic carbocycles. The summed E-state index contributed by atoms with van der Waals surface area (Å²) < 4.78 is 0. The molecule has 5 fully saturated rings. The Morgan fingerprint density at radius 1 is 0.912 bits per heavy atom. The monoisotopic (exact) mass is 464 g/mol. The maximum Gasteiger partial charge on any atom is 0.139 e. The van der Waals surface area contributed by atoms with Crippen LogP contribution in [0.25, 0.3) is 0 Å². The van der Waals surface area contributed by atoms with Crippen LogP contribution in [0.4, 0.5) is 5.69 Å². The Bertz CT molecular complexity index is 912. The summed E-state index contributed by atoms with van der Waals surface area (Å²) in [7, 11) is 0. The van der Waals surface area contributed by atoms with Gasteiger partial charge in [0, 0.05) is 50.2 Å². The van der Waals surface area contributed by atoms with Crippen molar-refractivity contribution in [2.75, 3.05) is 37.6 Å². The third-order valence-electron chi connectivity index (χ3n) is 11.5. The van der Waals surface area contributed by atoms with Crippen LogP contribution < -0.4 is 4.90 Å². The summed E-state index contributed by atoms with van der Waals surface area (Å²) in [6.07, 6.45) is 9.92. The van der Waals surface area contributed by atoms with Gasteiger partial charge in [-0.3, -0.25) is 9.69 Å². The lowest BCUT2D eigenvalue weighted by atomic mass is 9.44. The minimum atomic E-state index is -0.529. The first-order chi connectivity index (χ1) is 16.3. The van der Waals surface area contributed by atoms with Gasteiger partial charge in [0.1, 0.15) is 5.78 Å². The number of para-hydroxylation sites is 1. The molecule has 0 amide bonds. The van der Waals surface area contributed by atoms with Crippen molar-refractivity contribution in [2.45, 2.75) is 77.2 Å². The molecule has 186 valence electrons. The van der Waals surface area contributed by atoms with Gasteiger partial charge in [-0.1, -0.05) is 32.0 Å². The van der Waals surface area contributed by atoms with Crippen LogP contribution in [0, 0.1) is 34.5 Å². The third kappa shape index (κ3) is 3.66. The number of piperazine rings is 1. The van der Waals surface area contributed by atoms with Crippen molar-refractivity contribution in [3.63, 3.8) is 0 Å². The van der Waals surface area contributed by atoms with Gasteiger partial charge >= 0.3 is 0 Å². The molecule has 1 N–H and O–H groups in total. The molecule has 1 aromatic carbocycles. The highest BCUT2D eigenvalue weighted by atomic mass is 16.3. The van der Waals surface area contributed by atoms with Crippen molar-refractivity contribution in [1.29, 1.82) is 0 Å². The Morgan fingerprint density at radius 2 is 1.68 bits per heavy atom. The zero-order valence-corrected chi connectivity index (χ0v) is 21.3. The van der Waals surface area contributed by atoms with Gasteiger partial charge in [0.05, 0.1) is 5.60 Å². The van der Waals surface area contributed by atoms with Gasteiger partial charge in [0.25, 0.3) is 0 Å². The Labute approximate surface area is 206 Å². The van der Waals surface area contributed by atoms with Crippen molar-refractivity contribution in [2.24, 2.45) is 34.5 Å². The molecule has 0 spiro atoms. The third-order valence-corrected chi connectivity index (χ3v) is 11.5. The van der Waals surface area contributed by atoms with E-state index >= 15 is 0 Å². The number of benzene rings is 1. The van der Waals surface area contributed by atoms with Gasteiger partial charge in [-0.25, -0.2) is 0 Å². The minimum Gasteiger partial charge on any atom is -0.389 e. The van der Waals surface area contributed by atoms with E-state index < -0.39 is 5.60 Å². The molecule has 2 unspecified atom stereocenters. The zero-order chi connectivity index (χ0) is 23.6. The molecule has 5 aliphatic rings. The van der Waals surface area contributed by atoms with Crippen molar-refractivity contribution >= 4 is 11.5 Å². The molecule has 1 saturated heterocycles. The number of anilines is 1. The lowest BCUT2D eigenvalue weighted by Crippen LogP contribution is -2.59. The molecule has 0 aromatic heterocycles. The van der Waals surface area contributed by atoms with Gasteiger partial charge in [-0.05, 0) is 92.6 Å². The van der Waals surface area contributed by atoms with Crippen molar-refractivity contribution < 1.29 is 9.90 Å². The quantitative estimate of drug-likeness (QED) is 0.672. The second kappa shape index (κ2) is 8.34. The molecule has 1 aromatic rings. The first-order valence-corrected chi connectivity index (χ1v) is 14.1. The highest BCUT2D eigenvalue weighted by Crippen LogP contribution is 2.66. The number of carbonyl (C=O) groups excluding carboxylic acids is 1. The van der Waals surface area contributed by atoms with Crippen LogP contribution >= 0.6 is 0 Å². The highest BCUT2D eigenvalue weighted by molar-refractivity contribution is 5.87. The number of β-amino-alcohol motifs (C(OH)–C–C–N with tert-alkyl or cyclic N) is 1. The molecule has 4 saturated carbocycles. The molecule has 34 heavy (non-hydrogen) atoms. The zero-order valence-electron chi connectivity index (χ0n) is 21.3. The van der Waals surface area contributed by atoms with E-state index in [-0.39, 0.29) is 5.41 Å². The summed E-state index contributed by atoms with van der Waals surface area (Å²) in [5.74, 6) is 3.31. The van der Waals surface area contributed by atoms with E-state index in [1.165, 1.54) is 24.9 Å². The maximum atomic E-state index is 12.7. The summed E-state index contributed by atoms with van der Waals surface area (Å²) in [5, 5.41) is 11.8. The van der Waals surface area contributed by atoms with Crippen LogP contribution in [-0.4, -0.2) is 54.1 Å². The molecular weight excluding hydrogens is 420 g/mol. The SMILES string of the molecule is C[C@]12CCC(O)(CN3CCN(c4ccccc4)CC3)CC1CC[C@@H]1[C@H]2CC[C@]2(C)C(=O)CC[C@@H]12. The predicted octanol–water partition coefficient (Wildman–Crippen LogP) is 5.15. The number of fused-ring (bicyclic) bond motifs is 5. The Hall–Kier alpha value is -1.39. The molecule has 4 nitrogen and oxygen atoms in total. The van der Waals surface area contributed by atoms with Crippen molar-refractivity contribution in [1.82, 2.24) is 4.90 Å². The average molecular weight is 465 g/mol. The molecule has 7 atom stereocenters. The van der Waals surface area contributed by atoms with E-state index in [0.717, 1.165) is 83.1 Å². The van der Waals surface area contributed by atoms with Gasteiger partial charge in [-0.2, -0.15) is 0 Å². The lowest BCUT2D eigenvalue weighted by Gasteiger charge is -2.61. The van der Waals surface area contributed by atoms with Gasteiger partial charge in [0.15, 0.2) is 0 Å². The fourth-order valence-electron chi connectivity index (χ4n) is 9.46. The molecule has 0 radical (unpaired) electrons. The number of nitrogens with zero attached hydrogens (tertiary/aromatic N) is 2.